The predicted octanol–water partition coefficient (Wildman–Crippen LogP) is 2.07. The van der Waals surface area contributed by atoms with Crippen molar-refractivity contribution in [2.75, 3.05) is 0 Å². The fraction of sp³-hybridized carbons (Fsp3) is 0.571. The van der Waals surface area contributed by atoms with E-state index in [1.807, 2.05) is 26.0 Å². The zero-order chi connectivity index (χ0) is 11.8. The van der Waals surface area contributed by atoms with Crippen molar-refractivity contribution in [3.05, 3.63) is 35.4 Å². The van der Waals surface area contributed by atoms with Gasteiger partial charge in [-0.25, -0.2) is 0 Å². The van der Waals surface area contributed by atoms with E-state index in [1.54, 1.807) is 0 Å². The minimum absolute atomic E-state index is 0.419. The SMILES string of the molecule is CC(C)(O)Cc1ccc(CC2(O)CC2)cc1. The summed E-state index contributed by atoms with van der Waals surface area (Å²) in [5, 5.41) is 19.5. The summed E-state index contributed by atoms with van der Waals surface area (Å²) in [6.45, 7) is 3.63. The Hall–Kier alpha value is -0.860. The third kappa shape index (κ3) is 3.32. The first-order valence-corrected chi connectivity index (χ1v) is 5.89. The van der Waals surface area contributed by atoms with Gasteiger partial charge in [0.2, 0.25) is 0 Å². The van der Waals surface area contributed by atoms with Crippen LogP contribution in [0.15, 0.2) is 24.3 Å². The first-order chi connectivity index (χ1) is 7.36. The van der Waals surface area contributed by atoms with Gasteiger partial charge in [0, 0.05) is 12.8 Å². The Kier molecular flexibility index (Phi) is 2.81. The van der Waals surface area contributed by atoms with Crippen molar-refractivity contribution >= 4 is 0 Å². The smallest absolute Gasteiger partial charge is 0.0690 e. The van der Waals surface area contributed by atoms with Gasteiger partial charge in [-0.1, -0.05) is 24.3 Å². The first-order valence-electron chi connectivity index (χ1n) is 5.89. The van der Waals surface area contributed by atoms with Crippen LogP contribution in [0.5, 0.6) is 0 Å². The fourth-order valence-electron chi connectivity index (χ4n) is 1.98. The van der Waals surface area contributed by atoms with E-state index in [0.717, 1.165) is 24.8 Å². The molecule has 16 heavy (non-hydrogen) atoms. The highest BCUT2D eigenvalue weighted by atomic mass is 16.3. The Morgan fingerprint density at radius 2 is 1.62 bits per heavy atom. The molecule has 0 heterocycles. The molecule has 0 aliphatic heterocycles. The van der Waals surface area contributed by atoms with E-state index in [0.29, 0.717) is 6.42 Å². The van der Waals surface area contributed by atoms with Crippen molar-refractivity contribution in [1.29, 1.82) is 0 Å². The van der Waals surface area contributed by atoms with E-state index < -0.39 is 11.2 Å². The minimum atomic E-state index is -0.657. The standard InChI is InChI=1S/C14H20O2/c1-13(2,15)9-11-3-5-12(6-4-11)10-14(16)7-8-14/h3-6,15-16H,7-10H2,1-2H3. The molecule has 0 bridgehead atoms. The molecule has 0 atom stereocenters. The maximum Gasteiger partial charge on any atom is 0.0690 e. The third-order valence-electron chi connectivity index (χ3n) is 3.02. The lowest BCUT2D eigenvalue weighted by atomic mass is 9.97. The van der Waals surface area contributed by atoms with Crippen LogP contribution in [0.4, 0.5) is 0 Å². The van der Waals surface area contributed by atoms with Gasteiger partial charge in [-0.3, -0.25) is 0 Å². The maximum atomic E-state index is 9.80. The summed E-state index contributed by atoms with van der Waals surface area (Å²) in [4.78, 5) is 0. The molecule has 1 fully saturated rings. The molecular weight excluding hydrogens is 200 g/mol. The zero-order valence-electron chi connectivity index (χ0n) is 10.0. The normalized spacial score (nSPS) is 18.5. The van der Waals surface area contributed by atoms with Crippen LogP contribution < -0.4 is 0 Å². The summed E-state index contributed by atoms with van der Waals surface area (Å²) in [5.41, 5.74) is 1.24. The van der Waals surface area contributed by atoms with Gasteiger partial charge in [-0.2, -0.15) is 0 Å². The Morgan fingerprint density at radius 3 is 2.06 bits per heavy atom. The van der Waals surface area contributed by atoms with Gasteiger partial charge in [0.05, 0.1) is 11.2 Å². The number of aliphatic hydroxyl groups is 2. The fourth-order valence-corrected chi connectivity index (χ4v) is 1.98. The molecule has 0 amide bonds. The summed E-state index contributed by atoms with van der Waals surface area (Å²) >= 11 is 0. The highest BCUT2D eigenvalue weighted by Gasteiger charge is 2.39. The summed E-state index contributed by atoms with van der Waals surface area (Å²) in [5.74, 6) is 0. The lowest BCUT2D eigenvalue weighted by Crippen LogP contribution is -2.21. The second kappa shape index (κ2) is 3.86. The molecule has 1 aliphatic rings. The van der Waals surface area contributed by atoms with Crippen LogP contribution in [-0.4, -0.2) is 21.4 Å². The summed E-state index contributed by atoms with van der Waals surface area (Å²) < 4.78 is 0. The monoisotopic (exact) mass is 220 g/mol. The minimum Gasteiger partial charge on any atom is -0.390 e. The summed E-state index contributed by atoms with van der Waals surface area (Å²) in [6, 6.07) is 8.19. The Labute approximate surface area is 96.9 Å². The van der Waals surface area contributed by atoms with E-state index in [4.69, 9.17) is 0 Å². The molecule has 2 N–H and O–H groups in total. The van der Waals surface area contributed by atoms with Gasteiger partial charge >= 0.3 is 0 Å². The van der Waals surface area contributed by atoms with E-state index >= 15 is 0 Å². The number of benzene rings is 1. The molecule has 1 aromatic rings. The molecule has 0 aromatic heterocycles. The number of hydrogen-bond donors (Lipinski definition) is 2. The Balaban J connectivity index is 1.99. The van der Waals surface area contributed by atoms with Crippen molar-refractivity contribution in [3.63, 3.8) is 0 Å². The summed E-state index contributed by atoms with van der Waals surface area (Å²) in [7, 11) is 0. The summed E-state index contributed by atoms with van der Waals surface area (Å²) in [6.07, 6.45) is 3.28. The third-order valence-corrected chi connectivity index (χ3v) is 3.02. The average Bonchev–Trinajstić information content (AvgIpc) is 2.85. The average molecular weight is 220 g/mol. The van der Waals surface area contributed by atoms with E-state index in [9.17, 15) is 10.2 Å². The lowest BCUT2D eigenvalue weighted by molar-refractivity contribution is 0.0810. The maximum absolute atomic E-state index is 9.80. The lowest BCUT2D eigenvalue weighted by Gasteiger charge is -2.17. The molecule has 1 aromatic carbocycles. The van der Waals surface area contributed by atoms with Gasteiger partial charge < -0.3 is 10.2 Å². The Morgan fingerprint density at radius 1 is 1.12 bits per heavy atom. The molecule has 0 spiro atoms. The van der Waals surface area contributed by atoms with E-state index in [2.05, 4.69) is 12.1 Å². The number of hydrogen-bond acceptors (Lipinski definition) is 2. The number of rotatable bonds is 4. The van der Waals surface area contributed by atoms with E-state index in [-0.39, 0.29) is 0 Å². The van der Waals surface area contributed by atoms with Crippen LogP contribution >= 0.6 is 0 Å². The van der Waals surface area contributed by atoms with Crippen molar-refractivity contribution in [2.45, 2.75) is 50.7 Å². The molecule has 2 rings (SSSR count). The van der Waals surface area contributed by atoms with Gasteiger partial charge in [-0.15, -0.1) is 0 Å². The molecule has 0 saturated heterocycles. The molecule has 1 saturated carbocycles. The quantitative estimate of drug-likeness (QED) is 0.815. The van der Waals surface area contributed by atoms with E-state index in [1.165, 1.54) is 5.56 Å². The highest BCUT2D eigenvalue weighted by Crippen LogP contribution is 2.38. The molecule has 88 valence electrons. The van der Waals surface area contributed by atoms with Gasteiger partial charge in [0.15, 0.2) is 0 Å². The predicted molar refractivity (Wildman–Crippen MR) is 64.3 cm³/mol. The molecule has 2 nitrogen and oxygen atoms in total. The van der Waals surface area contributed by atoms with Gasteiger partial charge in [0.1, 0.15) is 0 Å². The molecule has 0 radical (unpaired) electrons. The van der Waals surface area contributed by atoms with Gasteiger partial charge in [0.25, 0.3) is 0 Å². The van der Waals surface area contributed by atoms with Crippen LogP contribution in [0.25, 0.3) is 0 Å². The molecule has 1 aliphatic carbocycles. The first kappa shape index (κ1) is 11.6. The van der Waals surface area contributed by atoms with Crippen LogP contribution in [0, 0.1) is 0 Å². The Bertz CT molecular complexity index is 329. The topological polar surface area (TPSA) is 40.5 Å². The van der Waals surface area contributed by atoms with Crippen LogP contribution in [0.2, 0.25) is 0 Å². The molecule has 0 unspecified atom stereocenters. The second-order valence-electron chi connectivity index (χ2n) is 5.71. The van der Waals surface area contributed by atoms with Crippen LogP contribution in [-0.2, 0) is 12.8 Å². The van der Waals surface area contributed by atoms with Crippen molar-refractivity contribution < 1.29 is 10.2 Å². The van der Waals surface area contributed by atoms with Gasteiger partial charge in [-0.05, 0) is 37.8 Å². The van der Waals surface area contributed by atoms with Crippen molar-refractivity contribution in [1.82, 2.24) is 0 Å². The molecule has 2 heteroatoms. The van der Waals surface area contributed by atoms with Crippen molar-refractivity contribution in [3.8, 4) is 0 Å². The highest BCUT2D eigenvalue weighted by molar-refractivity contribution is 5.25. The van der Waals surface area contributed by atoms with Crippen LogP contribution in [0.3, 0.4) is 0 Å². The van der Waals surface area contributed by atoms with Crippen molar-refractivity contribution in [2.24, 2.45) is 0 Å². The largest absolute Gasteiger partial charge is 0.390 e. The zero-order valence-corrected chi connectivity index (χ0v) is 10.0. The second-order valence-corrected chi connectivity index (χ2v) is 5.71. The molecular formula is C14H20O2. The van der Waals surface area contributed by atoms with Crippen LogP contribution in [0.1, 0.15) is 37.8 Å².